The van der Waals surface area contributed by atoms with Crippen LogP contribution in [0.3, 0.4) is 0 Å². The number of hydrogen-bond donors (Lipinski definition) is 0. The lowest BCUT2D eigenvalue weighted by Crippen LogP contribution is -2.32. The molecular formula is C15H18BrF. The predicted molar refractivity (Wildman–Crippen MR) is 71.8 cm³/mol. The van der Waals surface area contributed by atoms with Crippen LogP contribution in [-0.4, -0.2) is 5.33 Å². The van der Waals surface area contributed by atoms with Crippen molar-refractivity contribution in [3.63, 3.8) is 0 Å². The van der Waals surface area contributed by atoms with Gasteiger partial charge in [0.25, 0.3) is 0 Å². The van der Waals surface area contributed by atoms with Crippen molar-refractivity contribution in [1.29, 1.82) is 0 Å². The van der Waals surface area contributed by atoms with E-state index < -0.39 is 0 Å². The van der Waals surface area contributed by atoms with Gasteiger partial charge in [-0.05, 0) is 60.6 Å². The molecular weight excluding hydrogens is 279 g/mol. The monoisotopic (exact) mass is 296 g/mol. The van der Waals surface area contributed by atoms with Crippen molar-refractivity contribution >= 4 is 15.9 Å². The van der Waals surface area contributed by atoms with Crippen LogP contribution in [0.1, 0.15) is 31.2 Å². The number of benzene rings is 1. The Bertz CT molecular complexity index is 417. The van der Waals surface area contributed by atoms with E-state index in [1.165, 1.54) is 31.7 Å². The molecule has 2 heteroatoms. The van der Waals surface area contributed by atoms with Crippen LogP contribution in [0, 0.1) is 23.1 Å². The van der Waals surface area contributed by atoms with E-state index in [2.05, 4.69) is 22.0 Å². The summed E-state index contributed by atoms with van der Waals surface area (Å²) in [7, 11) is 0. The predicted octanol–water partition coefficient (Wildman–Crippen LogP) is 4.57. The highest BCUT2D eigenvalue weighted by atomic mass is 79.9. The molecule has 2 saturated carbocycles. The fraction of sp³-hybridized carbons (Fsp3) is 0.600. The second-order valence-corrected chi connectivity index (χ2v) is 6.44. The molecule has 0 heterocycles. The Kier molecular flexibility index (Phi) is 3.02. The fourth-order valence-electron chi connectivity index (χ4n) is 4.04. The highest BCUT2D eigenvalue weighted by Crippen LogP contribution is 2.57. The molecule has 0 nitrogen and oxygen atoms in total. The molecule has 0 aromatic heterocycles. The van der Waals surface area contributed by atoms with Crippen LogP contribution in [0.15, 0.2) is 24.3 Å². The van der Waals surface area contributed by atoms with Gasteiger partial charge in [-0.1, -0.05) is 34.5 Å². The molecule has 1 aromatic carbocycles. The van der Waals surface area contributed by atoms with Crippen molar-refractivity contribution in [2.75, 3.05) is 5.33 Å². The maximum atomic E-state index is 13.2. The van der Waals surface area contributed by atoms with Gasteiger partial charge in [-0.25, -0.2) is 4.39 Å². The van der Waals surface area contributed by atoms with E-state index in [4.69, 9.17) is 0 Å². The van der Waals surface area contributed by atoms with E-state index in [0.717, 1.165) is 29.2 Å². The lowest BCUT2D eigenvalue weighted by molar-refractivity contribution is 0.197. The minimum absolute atomic E-state index is 0.102. The minimum Gasteiger partial charge on any atom is -0.207 e. The van der Waals surface area contributed by atoms with Crippen molar-refractivity contribution in [2.24, 2.45) is 17.3 Å². The van der Waals surface area contributed by atoms with Crippen LogP contribution < -0.4 is 0 Å². The highest BCUT2D eigenvalue weighted by molar-refractivity contribution is 9.09. The molecule has 92 valence electrons. The van der Waals surface area contributed by atoms with Crippen LogP contribution in [0.2, 0.25) is 0 Å². The topological polar surface area (TPSA) is 0 Å². The summed E-state index contributed by atoms with van der Waals surface area (Å²) in [5, 5.41) is 1.07. The molecule has 17 heavy (non-hydrogen) atoms. The van der Waals surface area contributed by atoms with Gasteiger partial charge in [0.15, 0.2) is 0 Å². The second kappa shape index (κ2) is 4.38. The Labute approximate surface area is 111 Å². The SMILES string of the molecule is Fc1cccc(CC2(CBr)CC3CCC2C3)c1. The van der Waals surface area contributed by atoms with Crippen LogP contribution in [0.25, 0.3) is 0 Å². The average molecular weight is 297 g/mol. The molecule has 2 aliphatic rings. The Morgan fingerprint density at radius 1 is 1.35 bits per heavy atom. The molecule has 0 aliphatic heterocycles. The highest BCUT2D eigenvalue weighted by Gasteiger charge is 2.49. The van der Waals surface area contributed by atoms with Crippen molar-refractivity contribution in [3.8, 4) is 0 Å². The third-order valence-corrected chi connectivity index (χ3v) is 5.93. The molecule has 0 saturated heterocycles. The number of alkyl halides is 1. The van der Waals surface area contributed by atoms with Gasteiger partial charge in [0.1, 0.15) is 5.82 Å². The van der Waals surface area contributed by atoms with Gasteiger partial charge in [0.05, 0.1) is 0 Å². The molecule has 3 unspecified atom stereocenters. The van der Waals surface area contributed by atoms with E-state index in [1.54, 1.807) is 6.07 Å². The molecule has 3 rings (SSSR count). The number of fused-ring (bicyclic) bond motifs is 2. The average Bonchev–Trinajstić information content (AvgIpc) is 2.89. The van der Waals surface area contributed by atoms with Crippen LogP contribution >= 0.6 is 15.9 Å². The first-order valence-corrected chi connectivity index (χ1v) is 7.64. The van der Waals surface area contributed by atoms with Crippen molar-refractivity contribution in [3.05, 3.63) is 35.6 Å². The normalized spacial score (nSPS) is 35.4. The third-order valence-electron chi connectivity index (χ3n) is 4.81. The number of rotatable bonds is 3. The summed E-state index contributed by atoms with van der Waals surface area (Å²) in [5.74, 6) is 1.69. The molecule has 3 atom stereocenters. The maximum Gasteiger partial charge on any atom is 0.123 e. The van der Waals surface area contributed by atoms with Crippen LogP contribution in [0.5, 0.6) is 0 Å². The molecule has 0 spiro atoms. The first-order valence-electron chi connectivity index (χ1n) is 6.52. The second-order valence-electron chi connectivity index (χ2n) is 5.88. The molecule has 2 bridgehead atoms. The van der Waals surface area contributed by atoms with Crippen LogP contribution in [0.4, 0.5) is 4.39 Å². The van der Waals surface area contributed by atoms with Crippen molar-refractivity contribution < 1.29 is 4.39 Å². The summed E-state index contributed by atoms with van der Waals surface area (Å²) < 4.78 is 13.2. The quantitative estimate of drug-likeness (QED) is 0.717. The van der Waals surface area contributed by atoms with Gasteiger partial charge in [-0.15, -0.1) is 0 Å². The van der Waals surface area contributed by atoms with E-state index >= 15 is 0 Å². The van der Waals surface area contributed by atoms with E-state index in [0.29, 0.717) is 5.41 Å². The molecule has 0 amide bonds. The zero-order valence-electron chi connectivity index (χ0n) is 9.96. The third kappa shape index (κ3) is 2.05. The van der Waals surface area contributed by atoms with Gasteiger partial charge in [-0.3, -0.25) is 0 Å². The Balaban J connectivity index is 1.83. The molecule has 0 radical (unpaired) electrons. The van der Waals surface area contributed by atoms with Gasteiger partial charge >= 0.3 is 0 Å². The standard InChI is InChI=1S/C15H18BrF/c16-10-15(9-12-4-5-13(15)6-12)8-11-2-1-3-14(17)7-11/h1-3,7,12-13H,4-6,8-10H2. The number of halogens is 2. The van der Waals surface area contributed by atoms with E-state index in [9.17, 15) is 4.39 Å². The van der Waals surface area contributed by atoms with E-state index in [1.807, 2.05) is 6.07 Å². The lowest BCUT2D eigenvalue weighted by Gasteiger charge is -2.36. The minimum atomic E-state index is -0.102. The zero-order chi connectivity index (χ0) is 11.9. The molecule has 2 aliphatic carbocycles. The smallest absolute Gasteiger partial charge is 0.123 e. The maximum absolute atomic E-state index is 13.2. The lowest BCUT2D eigenvalue weighted by atomic mass is 9.71. The van der Waals surface area contributed by atoms with Gasteiger partial charge < -0.3 is 0 Å². The summed E-state index contributed by atoms with van der Waals surface area (Å²) in [5.41, 5.74) is 1.56. The summed E-state index contributed by atoms with van der Waals surface area (Å²) in [4.78, 5) is 0. The summed E-state index contributed by atoms with van der Waals surface area (Å²) >= 11 is 3.72. The van der Waals surface area contributed by atoms with Gasteiger partial charge in [-0.2, -0.15) is 0 Å². The van der Waals surface area contributed by atoms with Crippen molar-refractivity contribution in [1.82, 2.24) is 0 Å². The Morgan fingerprint density at radius 3 is 2.82 bits per heavy atom. The Morgan fingerprint density at radius 2 is 2.24 bits per heavy atom. The van der Waals surface area contributed by atoms with E-state index in [-0.39, 0.29) is 5.82 Å². The molecule has 1 aromatic rings. The summed E-state index contributed by atoms with van der Waals surface area (Å²) in [6.07, 6.45) is 6.58. The summed E-state index contributed by atoms with van der Waals surface area (Å²) in [6, 6.07) is 7.14. The molecule has 0 N–H and O–H groups in total. The zero-order valence-corrected chi connectivity index (χ0v) is 11.5. The fourth-order valence-corrected chi connectivity index (χ4v) is 4.92. The number of hydrogen-bond acceptors (Lipinski definition) is 0. The molecule has 2 fully saturated rings. The van der Waals surface area contributed by atoms with Gasteiger partial charge in [0.2, 0.25) is 0 Å². The van der Waals surface area contributed by atoms with Crippen LogP contribution in [-0.2, 0) is 6.42 Å². The first kappa shape index (κ1) is 11.7. The van der Waals surface area contributed by atoms with Gasteiger partial charge in [0, 0.05) is 5.33 Å². The van der Waals surface area contributed by atoms with Crippen molar-refractivity contribution in [2.45, 2.75) is 32.1 Å². The summed E-state index contributed by atoms with van der Waals surface area (Å²) in [6.45, 7) is 0. The largest absolute Gasteiger partial charge is 0.207 e. The first-order chi connectivity index (χ1) is 8.22. The Hall–Kier alpha value is -0.370.